The summed E-state index contributed by atoms with van der Waals surface area (Å²) >= 11 is 0. The second-order valence-corrected chi connectivity index (χ2v) is 6.36. The predicted octanol–water partition coefficient (Wildman–Crippen LogP) is 2.86. The van der Waals surface area contributed by atoms with E-state index < -0.39 is 11.4 Å². The fourth-order valence-corrected chi connectivity index (χ4v) is 2.44. The molecule has 1 N–H and O–H groups in total. The van der Waals surface area contributed by atoms with Crippen molar-refractivity contribution in [3.8, 4) is 0 Å². The average molecular weight is 241 g/mol. The van der Waals surface area contributed by atoms with Crippen molar-refractivity contribution in [2.45, 2.75) is 47.0 Å². The number of carboxylic acids is 1. The summed E-state index contributed by atoms with van der Waals surface area (Å²) < 4.78 is 0. The molecule has 0 spiro atoms. The predicted molar refractivity (Wildman–Crippen MR) is 70.0 cm³/mol. The van der Waals surface area contributed by atoms with Gasteiger partial charge in [0.05, 0.1) is 5.41 Å². The van der Waals surface area contributed by atoms with Crippen LogP contribution in [0.25, 0.3) is 0 Å². The van der Waals surface area contributed by atoms with Crippen LogP contribution in [0, 0.1) is 17.3 Å². The van der Waals surface area contributed by atoms with E-state index in [2.05, 4.69) is 18.7 Å². The minimum Gasteiger partial charge on any atom is -0.481 e. The first kappa shape index (κ1) is 14.5. The Kier molecular flexibility index (Phi) is 4.99. The molecule has 17 heavy (non-hydrogen) atoms. The Bertz CT molecular complexity index is 253. The number of likely N-dealkylation sites (tertiary alicyclic amines) is 1. The molecule has 0 radical (unpaired) electrons. The lowest BCUT2D eigenvalue weighted by Crippen LogP contribution is -2.25. The number of rotatable bonds is 6. The van der Waals surface area contributed by atoms with Crippen molar-refractivity contribution in [2.24, 2.45) is 17.3 Å². The SMILES string of the molecule is CC1CN(CCCCC(C)(C)C(=O)O)CC1C. The lowest BCUT2D eigenvalue weighted by atomic mass is 9.87. The van der Waals surface area contributed by atoms with E-state index in [0.717, 1.165) is 37.6 Å². The zero-order chi connectivity index (χ0) is 13.1. The van der Waals surface area contributed by atoms with Gasteiger partial charge in [0.25, 0.3) is 0 Å². The molecule has 0 aromatic heterocycles. The molecule has 0 saturated carbocycles. The van der Waals surface area contributed by atoms with Gasteiger partial charge < -0.3 is 10.0 Å². The van der Waals surface area contributed by atoms with Gasteiger partial charge in [-0.05, 0) is 45.1 Å². The van der Waals surface area contributed by atoms with Gasteiger partial charge in [-0.1, -0.05) is 20.3 Å². The zero-order valence-corrected chi connectivity index (χ0v) is 11.7. The Labute approximate surface area is 105 Å². The lowest BCUT2D eigenvalue weighted by Gasteiger charge is -2.20. The number of hydrogen-bond acceptors (Lipinski definition) is 2. The Morgan fingerprint density at radius 2 is 1.76 bits per heavy atom. The van der Waals surface area contributed by atoms with Crippen LogP contribution in [-0.2, 0) is 4.79 Å². The van der Waals surface area contributed by atoms with Crippen molar-refractivity contribution in [1.82, 2.24) is 4.90 Å². The van der Waals surface area contributed by atoms with E-state index in [0.29, 0.717) is 0 Å². The molecule has 0 aromatic rings. The number of hydrogen-bond donors (Lipinski definition) is 1. The summed E-state index contributed by atoms with van der Waals surface area (Å²) in [4.78, 5) is 13.5. The van der Waals surface area contributed by atoms with Crippen LogP contribution in [0.15, 0.2) is 0 Å². The maximum Gasteiger partial charge on any atom is 0.309 e. The van der Waals surface area contributed by atoms with Gasteiger partial charge in [0.2, 0.25) is 0 Å². The monoisotopic (exact) mass is 241 g/mol. The van der Waals surface area contributed by atoms with E-state index in [-0.39, 0.29) is 0 Å². The van der Waals surface area contributed by atoms with Crippen LogP contribution in [-0.4, -0.2) is 35.6 Å². The lowest BCUT2D eigenvalue weighted by molar-refractivity contribution is -0.147. The highest BCUT2D eigenvalue weighted by Gasteiger charge is 2.27. The molecule has 1 saturated heterocycles. The molecule has 3 nitrogen and oxygen atoms in total. The minimum atomic E-state index is -0.680. The third-order valence-corrected chi connectivity index (χ3v) is 4.17. The molecular weight excluding hydrogens is 214 g/mol. The maximum atomic E-state index is 10.9. The third kappa shape index (κ3) is 4.30. The number of unbranched alkanes of at least 4 members (excludes halogenated alkanes) is 1. The van der Waals surface area contributed by atoms with E-state index >= 15 is 0 Å². The quantitative estimate of drug-likeness (QED) is 0.727. The van der Waals surface area contributed by atoms with Crippen LogP contribution in [0.3, 0.4) is 0 Å². The largest absolute Gasteiger partial charge is 0.481 e. The molecule has 1 aliphatic heterocycles. The number of nitrogens with zero attached hydrogens (tertiary/aromatic N) is 1. The average Bonchev–Trinajstić information content (AvgIpc) is 2.53. The first-order chi connectivity index (χ1) is 7.83. The van der Waals surface area contributed by atoms with Gasteiger partial charge in [0, 0.05) is 13.1 Å². The van der Waals surface area contributed by atoms with Gasteiger partial charge in [0.15, 0.2) is 0 Å². The van der Waals surface area contributed by atoms with Crippen LogP contribution in [0.1, 0.15) is 47.0 Å². The summed E-state index contributed by atoms with van der Waals surface area (Å²) in [5.41, 5.74) is -0.564. The molecule has 2 unspecified atom stereocenters. The van der Waals surface area contributed by atoms with Crippen molar-refractivity contribution in [1.29, 1.82) is 0 Å². The van der Waals surface area contributed by atoms with E-state index in [9.17, 15) is 4.79 Å². The molecule has 100 valence electrons. The van der Waals surface area contributed by atoms with Crippen molar-refractivity contribution in [3.63, 3.8) is 0 Å². The molecule has 0 amide bonds. The standard InChI is InChI=1S/C14H27NO2/c1-11-9-15(10-12(11)2)8-6-5-7-14(3,4)13(16)17/h11-12H,5-10H2,1-4H3,(H,16,17). The molecule has 0 aliphatic carbocycles. The summed E-state index contributed by atoms with van der Waals surface area (Å²) in [7, 11) is 0. The zero-order valence-electron chi connectivity index (χ0n) is 11.7. The molecule has 0 aromatic carbocycles. The molecule has 1 fully saturated rings. The van der Waals surface area contributed by atoms with Crippen LogP contribution in [0.5, 0.6) is 0 Å². The molecule has 0 bridgehead atoms. The number of carboxylic acid groups (broad SMARTS) is 1. The Morgan fingerprint density at radius 3 is 2.24 bits per heavy atom. The van der Waals surface area contributed by atoms with Crippen molar-refractivity contribution in [2.75, 3.05) is 19.6 Å². The van der Waals surface area contributed by atoms with Crippen LogP contribution < -0.4 is 0 Å². The van der Waals surface area contributed by atoms with Crippen molar-refractivity contribution >= 4 is 5.97 Å². The summed E-state index contributed by atoms with van der Waals surface area (Å²) in [6.45, 7) is 11.8. The summed E-state index contributed by atoms with van der Waals surface area (Å²) in [6.07, 6.45) is 2.91. The maximum absolute atomic E-state index is 10.9. The van der Waals surface area contributed by atoms with E-state index in [1.54, 1.807) is 0 Å². The van der Waals surface area contributed by atoms with Gasteiger partial charge in [0.1, 0.15) is 0 Å². The molecule has 3 heteroatoms. The molecular formula is C14H27NO2. The molecule has 1 rings (SSSR count). The Balaban J connectivity index is 2.15. The van der Waals surface area contributed by atoms with Crippen molar-refractivity contribution in [3.05, 3.63) is 0 Å². The fraction of sp³-hybridized carbons (Fsp3) is 0.929. The molecule has 1 heterocycles. The number of carbonyl (C=O) groups is 1. The van der Waals surface area contributed by atoms with Gasteiger partial charge in [-0.15, -0.1) is 0 Å². The van der Waals surface area contributed by atoms with Gasteiger partial charge in [-0.2, -0.15) is 0 Å². The Morgan fingerprint density at radius 1 is 1.24 bits per heavy atom. The smallest absolute Gasteiger partial charge is 0.309 e. The van der Waals surface area contributed by atoms with Gasteiger partial charge in [-0.25, -0.2) is 0 Å². The topological polar surface area (TPSA) is 40.5 Å². The first-order valence-electron chi connectivity index (χ1n) is 6.78. The highest BCUT2D eigenvalue weighted by Crippen LogP contribution is 2.25. The first-order valence-corrected chi connectivity index (χ1v) is 6.78. The second-order valence-electron chi connectivity index (χ2n) is 6.36. The Hall–Kier alpha value is -0.570. The summed E-state index contributed by atoms with van der Waals surface area (Å²) in [5, 5.41) is 9.01. The molecule has 2 atom stereocenters. The van der Waals surface area contributed by atoms with E-state index in [4.69, 9.17) is 5.11 Å². The molecule has 1 aliphatic rings. The van der Waals surface area contributed by atoms with E-state index in [1.807, 2.05) is 13.8 Å². The van der Waals surface area contributed by atoms with Crippen LogP contribution >= 0.6 is 0 Å². The number of aliphatic carboxylic acids is 1. The summed E-state index contributed by atoms with van der Waals surface area (Å²) in [6, 6.07) is 0. The highest BCUT2D eigenvalue weighted by molar-refractivity contribution is 5.73. The third-order valence-electron chi connectivity index (χ3n) is 4.17. The second kappa shape index (κ2) is 5.85. The van der Waals surface area contributed by atoms with Crippen LogP contribution in [0.2, 0.25) is 0 Å². The minimum absolute atomic E-state index is 0.564. The van der Waals surface area contributed by atoms with Crippen LogP contribution in [0.4, 0.5) is 0 Å². The summed E-state index contributed by atoms with van der Waals surface area (Å²) in [5.74, 6) is 0.942. The normalized spacial score (nSPS) is 26.4. The van der Waals surface area contributed by atoms with E-state index in [1.165, 1.54) is 13.1 Å². The fourth-order valence-electron chi connectivity index (χ4n) is 2.44. The van der Waals surface area contributed by atoms with Crippen molar-refractivity contribution < 1.29 is 9.90 Å². The van der Waals surface area contributed by atoms with Gasteiger partial charge >= 0.3 is 5.97 Å². The van der Waals surface area contributed by atoms with Gasteiger partial charge in [-0.3, -0.25) is 4.79 Å². The highest BCUT2D eigenvalue weighted by atomic mass is 16.4.